The predicted octanol–water partition coefficient (Wildman–Crippen LogP) is 3.11. The fourth-order valence-electron chi connectivity index (χ4n) is 5.40. The minimum absolute atomic E-state index is 0.105. The number of rotatable bonds is 9. The molecule has 0 radical (unpaired) electrons. The number of fused-ring (bicyclic) bond motifs is 2. The molecule has 1 saturated heterocycles. The van der Waals surface area contributed by atoms with Crippen molar-refractivity contribution >= 4 is 11.8 Å². The number of aliphatic carboxylic acids is 1. The Kier molecular flexibility index (Phi) is 5.92. The third kappa shape index (κ3) is 4.75. The van der Waals surface area contributed by atoms with Crippen molar-refractivity contribution in [1.29, 1.82) is 0 Å². The van der Waals surface area contributed by atoms with E-state index in [1.165, 1.54) is 17.7 Å². The summed E-state index contributed by atoms with van der Waals surface area (Å²) in [6.07, 6.45) is 4.63. The molecule has 2 unspecified atom stereocenters. The van der Waals surface area contributed by atoms with Gasteiger partial charge in [-0.1, -0.05) is 36.4 Å². The Labute approximate surface area is 184 Å². The quantitative estimate of drug-likeness (QED) is 0.579. The van der Waals surface area contributed by atoms with Crippen LogP contribution in [-0.2, 0) is 17.6 Å². The summed E-state index contributed by atoms with van der Waals surface area (Å²) in [7, 11) is 0. The van der Waals surface area contributed by atoms with Crippen molar-refractivity contribution in [3.05, 3.63) is 59.3 Å². The van der Waals surface area contributed by atoms with Gasteiger partial charge in [0.2, 0.25) is 0 Å². The van der Waals surface area contributed by atoms with Crippen molar-refractivity contribution in [2.24, 2.45) is 11.8 Å². The molecule has 0 amide bonds. The Bertz CT molecular complexity index is 907. The van der Waals surface area contributed by atoms with E-state index in [1.807, 2.05) is 30.3 Å². The number of carboxylic acids is 1. The second kappa shape index (κ2) is 8.97. The number of pyridine rings is 1. The maximum absolute atomic E-state index is 11.3. The Balaban J connectivity index is 1.08. The second-order valence-electron chi connectivity index (χ2n) is 9.29. The molecule has 1 aromatic carbocycles. The van der Waals surface area contributed by atoms with Crippen molar-refractivity contribution in [2.45, 2.75) is 44.2 Å². The molecule has 1 aromatic heterocycles. The molecule has 6 heteroatoms. The van der Waals surface area contributed by atoms with E-state index in [-0.39, 0.29) is 12.5 Å². The van der Waals surface area contributed by atoms with E-state index < -0.39 is 5.97 Å². The van der Waals surface area contributed by atoms with Crippen LogP contribution in [0.4, 0.5) is 5.82 Å². The largest absolute Gasteiger partial charge is 0.481 e. The molecule has 0 spiro atoms. The van der Waals surface area contributed by atoms with Gasteiger partial charge in [-0.15, -0.1) is 0 Å². The van der Waals surface area contributed by atoms with Gasteiger partial charge in [-0.2, -0.15) is 0 Å². The molecule has 164 valence electrons. The number of hydrogen-bond acceptors (Lipinski definition) is 5. The number of nitrogens with zero attached hydrogens (tertiary/aromatic N) is 2. The first kappa shape index (κ1) is 20.5. The lowest BCUT2D eigenvalue weighted by atomic mass is 10.0. The molecule has 3 aliphatic rings. The van der Waals surface area contributed by atoms with E-state index in [2.05, 4.69) is 27.7 Å². The number of carboxylic acid groups (broad SMARTS) is 1. The Hall–Kier alpha value is -2.44. The van der Waals surface area contributed by atoms with Crippen LogP contribution >= 0.6 is 0 Å². The monoisotopic (exact) mass is 420 g/mol. The van der Waals surface area contributed by atoms with Crippen LogP contribution in [0.1, 0.15) is 42.1 Å². The molecule has 6 nitrogen and oxygen atoms in total. The molecule has 5 rings (SSSR count). The molecule has 2 fully saturated rings. The maximum atomic E-state index is 11.3. The van der Waals surface area contributed by atoms with Crippen LogP contribution in [0.3, 0.4) is 0 Å². The average molecular weight is 421 g/mol. The van der Waals surface area contributed by atoms with Crippen molar-refractivity contribution in [3.8, 4) is 0 Å². The number of nitrogens with one attached hydrogen (secondary N) is 2. The van der Waals surface area contributed by atoms with Gasteiger partial charge in [0.15, 0.2) is 0 Å². The number of benzene rings is 1. The number of anilines is 1. The molecule has 1 aliphatic carbocycles. The molecule has 3 N–H and O–H groups in total. The predicted molar refractivity (Wildman–Crippen MR) is 121 cm³/mol. The van der Waals surface area contributed by atoms with Crippen molar-refractivity contribution in [3.63, 3.8) is 0 Å². The molecule has 1 saturated carbocycles. The van der Waals surface area contributed by atoms with Crippen LogP contribution in [0, 0.1) is 11.8 Å². The highest BCUT2D eigenvalue weighted by Crippen LogP contribution is 2.46. The fourth-order valence-corrected chi connectivity index (χ4v) is 5.40. The summed E-state index contributed by atoms with van der Waals surface area (Å²) in [6, 6.07) is 14.8. The van der Waals surface area contributed by atoms with E-state index in [9.17, 15) is 9.90 Å². The summed E-state index contributed by atoms with van der Waals surface area (Å²) in [6.45, 7) is 4.39. The molecule has 4 atom stereocenters. The zero-order chi connectivity index (χ0) is 21.2. The molecular weight excluding hydrogens is 388 g/mol. The van der Waals surface area contributed by atoms with Crippen LogP contribution < -0.4 is 10.6 Å². The van der Waals surface area contributed by atoms with E-state index in [1.54, 1.807) is 0 Å². The summed E-state index contributed by atoms with van der Waals surface area (Å²) < 4.78 is 0. The van der Waals surface area contributed by atoms with Crippen LogP contribution in [0.5, 0.6) is 0 Å². The fraction of sp³-hybridized carbons (Fsp3) is 0.520. The number of likely N-dealkylation sites (tertiary alicyclic amines) is 1. The van der Waals surface area contributed by atoms with E-state index in [0.717, 1.165) is 56.8 Å². The summed E-state index contributed by atoms with van der Waals surface area (Å²) in [5, 5.41) is 16.4. The molecule has 2 aliphatic heterocycles. The lowest BCUT2D eigenvalue weighted by Gasteiger charge is -2.23. The molecule has 31 heavy (non-hydrogen) atoms. The van der Waals surface area contributed by atoms with Gasteiger partial charge in [-0.05, 0) is 61.3 Å². The van der Waals surface area contributed by atoms with Crippen molar-refractivity contribution < 1.29 is 9.90 Å². The number of hydrogen-bond donors (Lipinski definition) is 3. The van der Waals surface area contributed by atoms with Gasteiger partial charge in [-0.3, -0.25) is 4.79 Å². The number of piperidine rings is 1. The number of aromatic nitrogens is 1. The third-order valence-electron chi connectivity index (χ3n) is 7.10. The van der Waals surface area contributed by atoms with Crippen LogP contribution in [0.2, 0.25) is 0 Å². The summed E-state index contributed by atoms with van der Waals surface area (Å²) in [4.78, 5) is 18.7. The SMILES string of the molecule is O=C(O)CC(NC1[C@H]2CN(CCCc3ccc4c(n3)NCCC4)C[C@@H]12)c1ccccc1. The minimum atomic E-state index is -0.750. The topological polar surface area (TPSA) is 77.5 Å². The number of aryl methyl sites for hydroxylation is 2. The molecular formula is C25H32N4O2. The van der Waals surface area contributed by atoms with E-state index >= 15 is 0 Å². The Morgan fingerprint density at radius 1 is 1.19 bits per heavy atom. The number of carbonyl (C=O) groups is 1. The normalized spacial score (nSPS) is 25.4. The van der Waals surface area contributed by atoms with Gasteiger partial charge >= 0.3 is 5.97 Å². The first-order valence-corrected chi connectivity index (χ1v) is 11.6. The highest BCUT2D eigenvalue weighted by Gasteiger charge is 2.55. The van der Waals surface area contributed by atoms with Gasteiger partial charge in [0.05, 0.1) is 6.42 Å². The second-order valence-corrected chi connectivity index (χ2v) is 9.29. The summed E-state index contributed by atoms with van der Waals surface area (Å²) >= 11 is 0. The summed E-state index contributed by atoms with van der Waals surface area (Å²) in [5.41, 5.74) is 3.61. The van der Waals surface area contributed by atoms with Gasteiger partial charge in [0.1, 0.15) is 5.82 Å². The third-order valence-corrected chi connectivity index (χ3v) is 7.10. The van der Waals surface area contributed by atoms with E-state index in [4.69, 9.17) is 4.98 Å². The first-order valence-electron chi connectivity index (χ1n) is 11.6. The maximum Gasteiger partial charge on any atom is 0.305 e. The lowest BCUT2D eigenvalue weighted by Crippen LogP contribution is -2.34. The zero-order valence-corrected chi connectivity index (χ0v) is 18.0. The highest BCUT2D eigenvalue weighted by molar-refractivity contribution is 5.68. The molecule has 3 heterocycles. The smallest absolute Gasteiger partial charge is 0.305 e. The minimum Gasteiger partial charge on any atom is -0.481 e. The zero-order valence-electron chi connectivity index (χ0n) is 18.0. The van der Waals surface area contributed by atoms with E-state index in [0.29, 0.717) is 17.9 Å². The van der Waals surface area contributed by atoms with Crippen LogP contribution in [0.25, 0.3) is 0 Å². The van der Waals surface area contributed by atoms with Gasteiger partial charge in [0.25, 0.3) is 0 Å². The highest BCUT2D eigenvalue weighted by atomic mass is 16.4. The average Bonchev–Trinajstić information content (AvgIpc) is 3.22. The Morgan fingerprint density at radius 2 is 2.00 bits per heavy atom. The summed E-state index contributed by atoms with van der Waals surface area (Å²) in [5.74, 6) is 1.66. The van der Waals surface area contributed by atoms with Crippen molar-refractivity contribution in [1.82, 2.24) is 15.2 Å². The standard InChI is InChI=1S/C25H32N4O2/c30-23(31)14-22(17-6-2-1-3-7-17)28-24-20-15-29(16-21(20)24)13-5-9-19-11-10-18-8-4-12-26-25(18)27-19/h1-3,6-7,10-11,20-22,24,28H,4-5,8-9,12-16H2,(H,26,27)(H,30,31)/t20-,21+,22?,24?. The van der Waals surface area contributed by atoms with Crippen molar-refractivity contribution in [2.75, 3.05) is 31.5 Å². The lowest BCUT2D eigenvalue weighted by molar-refractivity contribution is -0.137. The van der Waals surface area contributed by atoms with Gasteiger partial charge in [-0.25, -0.2) is 4.98 Å². The van der Waals surface area contributed by atoms with Crippen LogP contribution in [0.15, 0.2) is 42.5 Å². The molecule has 2 aromatic rings. The Morgan fingerprint density at radius 3 is 2.77 bits per heavy atom. The first-order chi connectivity index (χ1) is 15.2. The van der Waals surface area contributed by atoms with Gasteiger partial charge < -0.3 is 20.6 Å². The van der Waals surface area contributed by atoms with Gasteiger partial charge in [0, 0.05) is 37.4 Å². The van der Waals surface area contributed by atoms with Crippen LogP contribution in [-0.4, -0.2) is 53.2 Å². The molecule has 0 bridgehead atoms.